The molecule has 0 atom stereocenters. The molecular formula is C20H47N3O2Si. The highest BCUT2D eigenvalue weighted by Crippen LogP contribution is 2.09. The Balaban J connectivity index is 4.45. The van der Waals surface area contributed by atoms with Gasteiger partial charge < -0.3 is 24.0 Å². The van der Waals surface area contributed by atoms with Gasteiger partial charge >= 0.3 is 8.56 Å². The predicted octanol–water partition coefficient (Wildman–Crippen LogP) is 3.48. The molecular weight excluding hydrogens is 342 g/mol. The lowest BCUT2D eigenvalue weighted by Crippen LogP contribution is -2.50. The standard InChI is InChI=1S/C20H47N3O2Si/c1-8-15-22(11-4)17-13-18-23(19-26(7,24-5)25-6)16-12-14-21-20(9-2)10-3/h20-21H,8-19H2,1-7H3. The maximum atomic E-state index is 5.73. The van der Waals surface area contributed by atoms with Gasteiger partial charge in [0, 0.05) is 26.4 Å². The lowest BCUT2D eigenvalue weighted by Gasteiger charge is -2.31. The van der Waals surface area contributed by atoms with Gasteiger partial charge in [-0.2, -0.15) is 0 Å². The van der Waals surface area contributed by atoms with Crippen LogP contribution in [0.25, 0.3) is 0 Å². The third-order valence-electron chi connectivity index (χ3n) is 5.38. The lowest BCUT2D eigenvalue weighted by molar-refractivity contribution is 0.197. The van der Waals surface area contributed by atoms with E-state index in [0.29, 0.717) is 6.04 Å². The van der Waals surface area contributed by atoms with Crippen molar-refractivity contribution < 1.29 is 8.85 Å². The van der Waals surface area contributed by atoms with Crippen LogP contribution in [0, 0.1) is 0 Å². The van der Waals surface area contributed by atoms with Crippen LogP contribution in [0.5, 0.6) is 0 Å². The van der Waals surface area contributed by atoms with Gasteiger partial charge in [0.25, 0.3) is 0 Å². The average molecular weight is 390 g/mol. The van der Waals surface area contributed by atoms with Crippen LogP contribution in [-0.4, -0.2) is 84.1 Å². The molecule has 0 fully saturated rings. The lowest BCUT2D eigenvalue weighted by atomic mass is 10.2. The van der Waals surface area contributed by atoms with Crippen molar-refractivity contribution in [3.8, 4) is 0 Å². The van der Waals surface area contributed by atoms with Crippen molar-refractivity contribution in [3.05, 3.63) is 0 Å². The minimum absolute atomic E-state index is 0.660. The van der Waals surface area contributed by atoms with Gasteiger partial charge in [-0.25, -0.2) is 0 Å². The molecule has 5 nitrogen and oxygen atoms in total. The van der Waals surface area contributed by atoms with Crippen molar-refractivity contribution in [2.75, 3.05) is 59.7 Å². The molecule has 0 bridgehead atoms. The highest BCUT2D eigenvalue weighted by Gasteiger charge is 2.31. The molecule has 0 amide bonds. The molecule has 0 heterocycles. The van der Waals surface area contributed by atoms with E-state index < -0.39 is 8.56 Å². The predicted molar refractivity (Wildman–Crippen MR) is 116 cm³/mol. The summed E-state index contributed by atoms with van der Waals surface area (Å²) in [7, 11) is 1.52. The fraction of sp³-hybridized carbons (Fsp3) is 1.00. The molecule has 1 N–H and O–H groups in total. The maximum Gasteiger partial charge on any atom is 0.348 e. The van der Waals surface area contributed by atoms with Crippen LogP contribution >= 0.6 is 0 Å². The van der Waals surface area contributed by atoms with Crippen LogP contribution in [0.1, 0.15) is 59.8 Å². The topological polar surface area (TPSA) is 37.0 Å². The van der Waals surface area contributed by atoms with E-state index in [1.54, 1.807) is 14.2 Å². The largest absolute Gasteiger partial charge is 0.397 e. The minimum Gasteiger partial charge on any atom is -0.397 e. The number of rotatable bonds is 18. The van der Waals surface area contributed by atoms with Crippen LogP contribution in [0.15, 0.2) is 0 Å². The molecule has 0 aromatic carbocycles. The van der Waals surface area contributed by atoms with Gasteiger partial charge in [0.1, 0.15) is 0 Å². The summed E-state index contributed by atoms with van der Waals surface area (Å²) in [6.45, 7) is 18.1. The summed E-state index contributed by atoms with van der Waals surface area (Å²) in [6, 6.07) is 0.660. The Labute approximate surface area is 165 Å². The fourth-order valence-electron chi connectivity index (χ4n) is 3.34. The van der Waals surface area contributed by atoms with Gasteiger partial charge in [0.15, 0.2) is 0 Å². The zero-order valence-corrected chi connectivity index (χ0v) is 19.8. The highest BCUT2D eigenvalue weighted by molar-refractivity contribution is 6.66. The van der Waals surface area contributed by atoms with Crippen molar-refractivity contribution in [2.24, 2.45) is 0 Å². The molecule has 0 saturated heterocycles. The first-order valence-electron chi connectivity index (χ1n) is 10.8. The summed E-state index contributed by atoms with van der Waals surface area (Å²) in [6.07, 6.45) is 7.00. The Morgan fingerprint density at radius 3 is 1.92 bits per heavy atom. The molecule has 158 valence electrons. The molecule has 0 spiro atoms. The van der Waals surface area contributed by atoms with Gasteiger partial charge in [0.2, 0.25) is 0 Å². The highest BCUT2D eigenvalue weighted by atomic mass is 28.4. The van der Waals surface area contributed by atoms with Crippen LogP contribution in [0.3, 0.4) is 0 Å². The van der Waals surface area contributed by atoms with Gasteiger partial charge in [-0.1, -0.05) is 27.7 Å². The van der Waals surface area contributed by atoms with Crippen molar-refractivity contribution in [3.63, 3.8) is 0 Å². The van der Waals surface area contributed by atoms with Gasteiger partial charge in [-0.3, -0.25) is 0 Å². The molecule has 26 heavy (non-hydrogen) atoms. The second kappa shape index (κ2) is 16.0. The molecule has 0 aliphatic rings. The van der Waals surface area contributed by atoms with Crippen molar-refractivity contribution in [1.29, 1.82) is 0 Å². The molecule has 0 rings (SSSR count). The first-order valence-corrected chi connectivity index (χ1v) is 13.3. The summed E-state index contributed by atoms with van der Waals surface area (Å²) in [4.78, 5) is 5.11. The summed E-state index contributed by atoms with van der Waals surface area (Å²) in [5.74, 6) is 0. The van der Waals surface area contributed by atoms with Gasteiger partial charge in [-0.15, -0.1) is 0 Å². The summed E-state index contributed by atoms with van der Waals surface area (Å²) in [5.41, 5.74) is 0. The first kappa shape index (κ1) is 26.0. The number of hydrogen-bond acceptors (Lipinski definition) is 5. The van der Waals surface area contributed by atoms with E-state index in [2.05, 4.69) is 49.4 Å². The maximum absolute atomic E-state index is 5.73. The molecule has 0 unspecified atom stereocenters. The minimum atomic E-state index is -2.06. The zero-order chi connectivity index (χ0) is 19.8. The Hall–Kier alpha value is 0.0169. The van der Waals surface area contributed by atoms with Crippen molar-refractivity contribution >= 4 is 8.56 Å². The van der Waals surface area contributed by atoms with E-state index in [0.717, 1.165) is 32.3 Å². The van der Waals surface area contributed by atoms with Crippen LogP contribution < -0.4 is 5.32 Å². The second-order valence-corrected chi connectivity index (χ2v) is 10.8. The van der Waals surface area contributed by atoms with Gasteiger partial charge in [0.05, 0.1) is 0 Å². The number of nitrogens with zero attached hydrogens (tertiary/aromatic N) is 2. The smallest absolute Gasteiger partial charge is 0.348 e. The molecule has 0 aliphatic carbocycles. The third-order valence-corrected chi connectivity index (χ3v) is 8.13. The van der Waals surface area contributed by atoms with Crippen LogP contribution in [0.2, 0.25) is 6.55 Å². The van der Waals surface area contributed by atoms with E-state index in [1.165, 1.54) is 45.2 Å². The van der Waals surface area contributed by atoms with E-state index in [9.17, 15) is 0 Å². The van der Waals surface area contributed by atoms with E-state index >= 15 is 0 Å². The molecule has 0 aromatic heterocycles. The summed E-state index contributed by atoms with van der Waals surface area (Å²) >= 11 is 0. The summed E-state index contributed by atoms with van der Waals surface area (Å²) < 4.78 is 11.5. The van der Waals surface area contributed by atoms with Crippen molar-refractivity contribution in [1.82, 2.24) is 15.1 Å². The quantitative estimate of drug-likeness (QED) is 0.287. The molecule has 0 aromatic rings. The van der Waals surface area contributed by atoms with Crippen LogP contribution in [-0.2, 0) is 8.85 Å². The first-order chi connectivity index (χ1) is 12.5. The fourth-order valence-corrected chi connectivity index (χ4v) is 4.89. The Kier molecular flexibility index (Phi) is 16.0. The second-order valence-electron chi connectivity index (χ2n) is 7.43. The van der Waals surface area contributed by atoms with E-state index in [1.807, 2.05) is 0 Å². The normalized spacial score (nSPS) is 12.7. The number of nitrogens with one attached hydrogen (secondary N) is 1. The number of hydrogen-bond donors (Lipinski definition) is 1. The monoisotopic (exact) mass is 389 g/mol. The molecule has 0 saturated carbocycles. The van der Waals surface area contributed by atoms with Crippen molar-refractivity contribution in [2.45, 2.75) is 72.4 Å². The molecule has 0 radical (unpaired) electrons. The SMILES string of the molecule is CCCN(CC)CCCN(CCCNC(CC)CC)C[Si](C)(OC)OC. The Bertz CT molecular complexity index is 313. The summed E-state index contributed by atoms with van der Waals surface area (Å²) in [5, 5.41) is 3.68. The average Bonchev–Trinajstić information content (AvgIpc) is 2.66. The van der Waals surface area contributed by atoms with E-state index in [-0.39, 0.29) is 0 Å². The molecule has 0 aliphatic heterocycles. The third kappa shape index (κ3) is 11.7. The van der Waals surface area contributed by atoms with Gasteiger partial charge in [-0.05, 0) is 77.9 Å². The van der Waals surface area contributed by atoms with E-state index in [4.69, 9.17) is 8.85 Å². The van der Waals surface area contributed by atoms with Crippen LogP contribution in [0.4, 0.5) is 0 Å². The Morgan fingerprint density at radius 2 is 1.42 bits per heavy atom. The Morgan fingerprint density at radius 1 is 0.846 bits per heavy atom. The zero-order valence-electron chi connectivity index (χ0n) is 18.8. The molecule has 6 heteroatoms.